The molecule has 7 nitrogen and oxygen atoms in total. The van der Waals surface area contributed by atoms with Crippen molar-refractivity contribution in [1.82, 2.24) is 10.2 Å². The number of carbonyl (C=O) groups is 2. The number of hydrogen-bond acceptors (Lipinski definition) is 5. The molecule has 2 N–H and O–H groups in total. The third kappa shape index (κ3) is 11.0. The lowest BCUT2D eigenvalue weighted by atomic mass is 9.83. The third-order valence-corrected chi connectivity index (χ3v) is 6.79. The molecule has 198 valence electrons. The van der Waals surface area contributed by atoms with Gasteiger partial charge in [0.05, 0.1) is 11.7 Å². The molecule has 0 spiro atoms. The van der Waals surface area contributed by atoms with Crippen LogP contribution >= 0.6 is 0 Å². The normalized spacial score (nSPS) is 28.1. The van der Waals surface area contributed by atoms with Gasteiger partial charge in [0.2, 0.25) is 5.91 Å². The summed E-state index contributed by atoms with van der Waals surface area (Å²) in [6, 6.07) is 0.194. The van der Waals surface area contributed by atoms with Gasteiger partial charge >= 0.3 is 6.09 Å². The predicted molar refractivity (Wildman–Crippen MR) is 139 cm³/mol. The molecule has 1 aliphatic heterocycles. The monoisotopic (exact) mass is 490 g/mol. The maximum absolute atomic E-state index is 12.2. The quantitative estimate of drug-likeness (QED) is 0.359. The second kappa shape index (κ2) is 13.8. The molecule has 2 aliphatic rings. The molecule has 3 atom stereocenters. The zero-order valence-corrected chi connectivity index (χ0v) is 22.5. The number of hydrogen-bond donors (Lipinski definition) is 2. The van der Waals surface area contributed by atoms with Gasteiger partial charge in [-0.15, -0.1) is 0 Å². The number of rotatable bonds is 9. The Hall–Kier alpha value is -2.12. The molecule has 2 amide bonds. The van der Waals surface area contributed by atoms with Crippen molar-refractivity contribution < 1.29 is 24.2 Å². The molecule has 1 aliphatic carbocycles. The Kier molecular flexibility index (Phi) is 11.5. The minimum atomic E-state index is -0.456. The SMILES string of the molecule is CC(/C=C/[C@@H]1C[C@H](CO)CC(C)(C)O1)=C\CC1CCC(NC(=O)/C=C\[C@H](C)OC(=O)N(C)C)CC1. The number of aliphatic hydroxyl groups excluding tert-OH is 1. The van der Waals surface area contributed by atoms with Gasteiger partial charge < -0.3 is 24.8 Å². The van der Waals surface area contributed by atoms with Gasteiger partial charge in [-0.25, -0.2) is 4.79 Å². The zero-order valence-electron chi connectivity index (χ0n) is 22.5. The molecular formula is C28H46N2O5. The van der Waals surface area contributed by atoms with Gasteiger partial charge in [0.1, 0.15) is 6.10 Å². The standard InChI is InChI=1S/C28H46N2O5/c1-20(8-15-25-17-23(19-31)18-28(3,4)35-25)7-10-22-11-13-24(14-12-22)29-26(32)16-9-21(2)34-27(33)30(5)6/h7-9,15-16,21-25,31H,10-14,17-19H2,1-6H3,(H,29,32)/b15-8+,16-9-,20-7+/t21-,22?,23-,24?,25+/m0/s1. The Morgan fingerprint density at radius 3 is 2.49 bits per heavy atom. The van der Waals surface area contributed by atoms with Crippen LogP contribution in [0.2, 0.25) is 0 Å². The first-order valence-corrected chi connectivity index (χ1v) is 13.0. The minimum absolute atomic E-state index is 0.0513. The van der Waals surface area contributed by atoms with Crippen LogP contribution in [0, 0.1) is 11.8 Å². The van der Waals surface area contributed by atoms with E-state index in [0.29, 0.717) is 11.8 Å². The average Bonchev–Trinajstić information content (AvgIpc) is 2.79. The first-order valence-electron chi connectivity index (χ1n) is 13.0. The van der Waals surface area contributed by atoms with Gasteiger partial charge in [-0.2, -0.15) is 0 Å². The van der Waals surface area contributed by atoms with Crippen LogP contribution in [0.15, 0.2) is 36.0 Å². The van der Waals surface area contributed by atoms with E-state index in [2.05, 4.69) is 44.3 Å². The van der Waals surface area contributed by atoms with Crippen molar-refractivity contribution in [2.75, 3.05) is 20.7 Å². The first kappa shape index (κ1) is 29.1. The van der Waals surface area contributed by atoms with Crippen LogP contribution in [0.25, 0.3) is 0 Å². The summed E-state index contributed by atoms with van der Waals surface area (Å²) in [4.78, 5) is 25.1. The summed E-state index contributed by atoms with van der Waals surface area (Å²) in [5, 5.41) is 12.6. The van der Waals surface area contributed by atoms with Crippen LogP contribution in [0.5, 0.6) is 0 Å². The molecule has 0 unspecified atom stereocenters. The maximum atomic E-state index is 12.2. The molecule has 0 aromatic carbocycles. The molecule has 0 aromatic rings. The van der Waals surface area contributed by atoms with Crippen molar-refractivity contribution in [1.29, 1.82) is 0 Å². The van der Waals surface area contributed by atoms with Crippen LogP contribution in [0.4, 0.5) is 4.79 Å². The Balaban J connectivity index is 1.70. The molecule has 1 saturated heterocycles. The van der Waals surface area contributed by atoms with E-state index >= 15 is 0 Å². The summed E-state index contributed by atoms with van der Waals surface area (Å²) >= 11 is 0. The van der Waals surface area contributed by atoms with Crippen molar-refractivity contribution >= 4 is 12.0 Å². The molecule has 35 heavy (non-hydrogen) atoms. The van der Waals surface area contributed by atoms with Gasteiger partial charge in [-0.1, -0.05) is 23.8 Å². The highest BCUT2D eigenvalue weighted by Crippen LogP contribution is 2.33. The lowest BCUT2D eigenvalue weighted by Crippen LogP contribution is -2.39. The van der Waals surface area contributed by atoms with Gasteiger partial charge in [-0.05, 0) is 90.6 Å². The number of amides is 2. The summed E-state index contributed by atoms with van der Waals surface area (Å²) in [7, 11) is 3.24. The molecule has 7 heteroatoms. The molecule has 0 bridgehead atoms. The van der Waals surface area contributed by atoms with E-state index in [1.54, 1.807) is 27.1 Å². The second-order valence-electron chi connectivity index (χ2n) is 11.0. The van der Waals surface area contributed by atoms with E-state index in [0.717, 1.165) is 44.9 Å². The molecule has 2 rings (SSSR count). The predicted octanol–water partition coefficient (Wildman–Crippen LogP) is 4.76. The Morgan fingerprint density at radius 2 is 1.86 bits per heavy atom. The Labute approximate surface area is 211 Å². The number of ether oxygens (including phenoxy) is 2. The van der Waals surface area contributed by atoms with Crippen molar-refractivity contribution in [3.63, 3.8) is 0 Å². The van der Waals surface area contributed by atoms with Crippen molar-refractivity contribution in [3.8, 4) is 0 Å². The Morgan fingerprint density at radius 1 is 1.17 bits per heavy atom. The van der Waals surface area contributed by atoms with Gasteiger partial charge in [0.15, 0.2) is 0 Å². The van der Waals surface area contributed by atoms with Gasteiger partial charge in [-0.3, -0.25) is 4.79 Å². The van der Waals surface area contributed by atoms with Crippen LogP contribution in [0.3, 0.4) is 0 Å². The average molecular weight is 491 g/mol. The van der Waals surface area contributed by atoms with E-state index < -0.39 is 12.2 Å². The van der Waals surface area contributed by atoms with E-state index in [9.17, 15) is 14.7 Å². The summed E-state index contributed by atoms with van der Waals surface area (Å²) in [6.07, 6.45) is 15.8. The lowest BCUT2D eigenvalue weighted by molar-refractivity contribution is -0.117. The topological polar surface area (TPSA) is 88.1 Å². The molecule has 1 saturated carbocycles. The van der Waals surface area contributed by atoms with Gasteiger partial charge in [0.25, 0.3) is 0 Å². The fourth-order valence-corrected chi connectivity index (χ4v) is 4.87. The highest BCUT2D eigenvalue weighted by atomic mass is 16.6. The zero-order chi connectivity index (χ0) is 26.0. The fraction of sp³-hybridized carbons (Fsp3) is 0.714. The van der Waals surface area contributed by atoms with Gasteiger partial charge in [0, 0.05) is 32.8 Å². The number of nitrogens with one attached hydrogen (secondary N) is 1. The first-order chi connectivity index (χ1) is 16.5. The van der Waals surface area contributed by atoms with E-state index in [1.165, 1.54) is 16.5 Å². The molecule has 2 fully saturated rings. The van der Waals surface area contributed by atoms with Crippen molar-refractivity contribution in [2.24, 2.45) is 11.8 Å². The Bertz CT molecular complexity index is 778. The number of carbonyl (C=O) groups excluding carboxylic acids is 2. The van der Waals surface area contributed by atoms with Crippen LogP contribution in [0.1, 0.15) is 72.6 Å². The number of nitrogens with zero attached hydrogens (tertiary/aromatic N) is 1. The molecule has 0 aromatic heterocycles. The summed E-state index contributed by atoms with van der Waals surface area (Å²) in [5.74, 6) is 0.794. The van der Waals surface area contributed by atoms with E-state index in [-0.39, 0.29) is 30.3 Å². The smallest absolute Gasteiger partial charge is 0.409 e. The minimum Gasteiger partial charge on any atom is -0.442 e. The van der Waals surface area contributed by atoms with Crippen LogP contribution in [-0.4, -0.2) is 66.6 Å². The van der Waals surface area contributed by atoms with Crippen molar-refractivity contribution in [2.45, 2.75) is 96.5 Å². The van der Waals surface area contributed by atoms with Crippen LogP contribution < -0.4 is 5.32 Å². The summed E-state index contributed by atoms with van der Waals surface area (Å²) < 4.78 is 11.3. The van der Waals surface area contributed by atoms with E-state index in [4.69, 9.17) is 9.47 Å². The second-order valence-corrected chi connectivity index (χ2v) is 11.0. The molecular weight excluding hydrogens is 444 g/mol. The fourth-order valence-electron chi connectivity index (χ4n) is 4.87. The molecule has 1 heterocycles. The summed E-state index contributed by atoms with van der Waals surface area (Å²) in [6.45, 7) is 8.27. The third-order valence-electron chi connectivity index (χ3n) is 6.79. The summed E-state index contributed by atoms with van der Waals surface area (Å²) in [5.41, 5.74) is 1.04. The number of allylic oxidation sites excluding steroid dienone is 3. The van der Waals surface area contributed by atoms with E-state index in [1.807, 2.05) is 0 Å². The van der Waals surface area contributed by atoms with Crippen molar-refractivity contribution in [3.05, 3.63) is 36.0 Å². The van der Waals surface area contributed by atoms with Crippen LogP contribution in [-0.2, 0) is 14.3 Å². The highest BCUT2D eigenvalue weighted by molar-refractivity contribution is 5.87. The largest absolute Gasteiger partial charge is 0.442 e. The lowest BCUT2D eigenvalue weighted by Gasteiger charge is -2.39. The highest BCUT2D eigenvalue weighted by Gasteiger charge is 2.33. The number of aliphatic hydroxyl groups is 1. The molecule has 0 radical (unpaired) electrons. The maximum Gasteiger partial charge on any atom is 0.409 e.